The number of phenolic OH excluding ortho intramolecular Hbond substituents is 1. The Kier molecular flexibility index (Phi) is 4.89. The number of carbonyl (C=O) groups excluding carboxylic acids is 1. The molecular weight excluding hydrogens is 304 g/mol. The van der Waals surface area contributed by atoms with Crippen molar-refractivity contribution < 1.29 is 9.90 Å². The molecule has 17 heavy (non-hydrogen) atoms. The van der Waals surface area contributed by atoms with Crippen molar-refractivity contribution in [2.45, 2.75) is 20.3 Å². The molecule has 0 aromatic heterocycles. The summed E-state index contributed by atoms with van der Waals surface area (Å²) in [5, 5.41) is 15.2. The zero-order chi connectivity index (χ0) is 13.0. The number of aromatic hydroxyl groups is 1. The first-order valence-corrected chi connectivity index (χ1v) is 6.24. The highest BCUT2D eigenvalue weighted by molar-refractivity contribution is 9.10. The van der Waals surface area contributed by atoms with Crippen LogP contribution in [0.15, 0.2) is 16.6 Å². The van der Waals surface area contributed by atoms with Crippen LogP contribution in [0.4, 0.5) is 5.69 Å². The number of thiocarbonyl (C=S) groups is 1. The van der Waals surface area contributed by atoms with Gasteiger partial charge in [-0.05, 0) is 52.8 Å². The third-order valence-electron chi connectivity index (χ3n) is 2.09. The van der Waals surface area contributed by atoms with Gasteiger partial charge in [0.05, 0.1) is 4.47 Å². The van der Waals surface area contributed by atoms with Crippen LogP contribution >= 0.6 is 28.1 Å². The smallest absolute Gasteiger partial charge is 0.225 e. The summed E-state index contributed by atoms with van der Waals surface area (Å²) in [6, 6.07) is 3.43. The van der Waals surface area contributed by atoms with Crippen molar-refractivity contribution in [3.8, 4) is 5.75 Å². The van der Waals surface area contributed by atoms with Gasteiger partial charge in [-0.2, -0.15) is 0 Å². The van der Waals surface area contributed by atoms with Crippen molar-refractivity contribution in [1.82, 2.24) is 5.32 Å². The van der Waals surface area contributed by atoms with Gasteiger partial charge in [-0.1, -0.05) is 6.92 Å². The first-order chi connectivity index (χ1) is 7.93. The van der Waals surface area contributed by atoms with Gasteiger partial charge in [0, 0.05) is 12.1 Å². The number of amides is 1. The van der Waals surface area contributed by atoms with E-state index in [0.29, 0.717) is 22.1 Å². The van der Waals surface area contributed by atoms with E-state index in [1.165, 1.54) is 0 Å². The lowest BCUT2D eigenvalue weighted by Gasteiger charge is -2.11. The summed E-state index contributed by atoms with van der Waals surface area (Å²) in [7, 11) is 0. The number of halogens is 1. The molecule has 0 fully saturated rings. The maximum Gasteiger partial charge on any atom is 0.225 e. The molecule has 0 aliphatic carbocycles. The van der Waals surface area contributed by atoms with E-state index in [4.69, 9.17) is 12.2 Å². The molecule has 0 aliphatic heterocycles. The van der Waals surface area contributed by atoms with E-state index in [9.17, 15) is 9.90 Å². The number of hydrogen-bond donors (Lipinski definition) is 3. The van der Waals surface area contributed by atoms with E-state index in [-0.39, 0.29) is 16.8 Å². The molecule has 0 saturated carbocycles. The Balaban J connectivity index is 2.76. The van der Waals surface area contributed by atoms with Crippen LogP contribution < -0.4 is 10.6 Å². The van der Waals surface area contributed by atoms with E-state index in [1.54, 1.807) is 26.0 Å². The van der Waals surface area contributed by atoms with Crippen LogP contribution in [0.5, 0.6) is 5.75 Å². The standard InChI is InChI=1S/C11H13BrN2O2S/c1-3-9(15)14-11(17)13-7-4-6(2)10(16)8(12)5-7/h4-5,16H,3H2,1-2H3,(H2,13,14,15,17). The summed E-state index contributed by atoms with van der Waals surface area (Å²) >= 11 is 8.21. The fraction of sp³-hybridized carbons (Fsp3) is 0.273. The van der Waals surface area contributed by atoms with Crippen LogP contribution in [-0.4, -0.2) is 16.1 Å². The number of benzene rings is 1. The van der Waals surface area contributed by atoms with Crippen molar-refractivity contribution in [2.24, 2.45) is 0 Å². The first-order valence-electron chi connectivity index (χ1n) is 5.04. The predicted octanol–water partition coefficient (Wildman–Crippen LogP) is 2.69. The maximum absolute atomic E-state index is 11.1. The molecule has 1 rings (SSSR count). The van der Waals surface area contributed by atoms with Gasteiger partial charge in [-0.3, -0.25) is 4.79 Å². The van der Waals surface area contributed by atoms with Gasteiger partial charge in [0.2, 0.25) is 5.91 Å². The number of nitrogens with one attached hydrogen (secondary N) is 2. The zero-order valence-corrected chi connectivity index (χ0v) is 11.9. The molecule has 1 amide bonds. The Morgan fingerprint density at radius 2 is 2.18 bits per heavy atom. The maximum atomic E-state index is 11.1. The van der Waals surface area contributed by atoms with E-state index in [2.05, 4.69) is 26.6 Å². The van der Waals surface area contributed by atoms with Crippen LogP contribution in [0.1, 0.15) is 18.9 Å². The molecule has 0 heterocycles. The highest BCUT2D eigenvalue weighted by Crippen LogP contribution is 2.30. The van der Waals surface area contributed by atoms with Gasteiger partial charge in [0.1, 0.15) is 5.75 Å². The van der Waals surface area contributed by atoms with E-state index < -0.39 is 0 Å². The van der Waals surface area contributed by atoms with E-state index in [0.717, 1.165) is 0 Å². The molecule has 1 aromatic rings. The minimum absolute atomic E-state index is 0.142. The minimum atomic E-state index is -0.142. The van der Waals surface area contributed by atoms with E-state index in [1.807, 2.05) is 0 Å². The lowest BCUT2D eigenvalue weighted by Crippen LogP contribution is -2.33. The van der Waals surface area contributed by atoms with Crippen LogP contribution in [0, 0.1) is 6.92 Å². The molecular formula is C11H13BrN2O2S. The Bertz CT molecular complexity index is 440. The summed E-state index contributed by atoms with van der Waals surface area (Å²) in [5.41, 5.74) is 1.42. The van der Waals surface area contributed by atoms with Gasteiger partial charge in [0.15, 0.2) is 5.11 Å². The van der Waals surface area contributed by atoms with Crippen LogP contribution in [-0.2, 0) is 4.79 Å². The minimum Gasteiger partial charge on any atom is -0.506 e. The van der Waals surface area contributed by atoms with Crippen LogP contribution in [0.3, 0.4) is 0 Å². The Labute approximate surface area is 114 Å². The summed E-state index contributed by atoms with van der Waals surface area (Å²) in [5.74, 6) is 0.0520. The Morgan fingerprint density at radius 3 is 2.71 bits per heavy atom. The second-order valence-corrected chi connectivity index (χ2v) is 4.74. The van der Waals surface area contributed by atoms with Crippen molar-refractivity contribution in [3.63, 3.8) is 0 Å². The SMILES string of the molecule is CCC(=O)NC(=S)Nc1cc(C)c(O)c(Br)c1. The summed E-state index contributed by atoms with van der Waals surface area (Å²) in [6.45, 7) is 3.53. The highest BCUT2D eigenvalue weighted by Gasteiger charge is 2.07. The molecule has 4 nitrogen and oxygen atoms in total. The van der Waals surface area contributed by atoms with Gasteiger partial charge in [-0.25, -0.2) is 0 Å². The largest absolute Gasteiger partial charge is 0.506 e. The third-order valence-corrected chi connectivity index (χ3v) is 2.89. The second kappa shape index (κ2) is 5.97. The fourth-order valence-electron chi connectivity index (χ4n) is 1.19. The molecule has 0 aliphatic rings. The quantitative estimate of drug-likeness (QED) is 0.580. The molecule has 0 bridgehead atoms. The van der Waals surface area contributed by atoms with E-state index >= 15 is 0 Å². The molecule has 92 valence electrons. The molecule has 0 spiro atoms. The lowest BCUT2D eigenvalue weighted by molar-refractivity contribution is -0.119. The van der Waals surface area contributed by atoms with Crippen LogP contribution in [0.2, 0.25) is 0 Å². The zero-order valence-electron chi connectivity index (χ0n) is 9.50. The number of aryl methyl sites for hydroxylation is 1. The lowest BCUT2D eigenvalue weighted by atomic mass is 10.2. The molecule has 0 saturated heterocycles. The predicted molar refractivity (Wildman–Crippen MR) is 75.2 cm³/mol. The van der Waals surface area contributed by atoms with Crippen molar-refractivity contribution in [3.05, 3.63) is 22.2 Å². The summed E-state index contributed by atoms with van der Waals surface area (Å²) in [4.78, 5) is 11.1. The third kappa shape index (κ3) is 3.98. The molecule has 0 atom stereocenters. The molecule has 1 aromatic carbocycles. The van der Waals surface area contributed by atoms with Gasteiger partial charge in [0.25, 0.3) is 0 Å². The van der Waals surface area contributed by atoms with Crippen LogP contribution in [0.25, 0.3) is 0 Å². The number of rotatable bonds is 2. The van der Waals surface area contributed by atoms with Crippen molar-refractivity contribution >= 4 is 44.9 Å². The topological polar surface area (TPSA) is 61.4 Å². The molecule has 6 heteroatoms. The monoisotopic (exact) mass is 316 g/mol. The van der Waals surface area contributed by atoms with Crippen molar-refractivity contribution in [1.29, 1.82) is 0 Å². The first kappa shape index (κ1) is 13.9. The van der Waals surface area contributed by atoms with Gasteiger partial charge < -0.3 is 15.7 Å². The molecule has 3 N–H and O–H groups in total. The highest BCUT2D eigenvalue weighted by atomic mass is 79.9. The average molecular weight is 317 g/mol. The molecule has 0 unspecified atom stereocenters. The number of phenols is 1. The normalized spacial score (nSPS) is 9.82. The second-order valence-electron chi connectivity index (χ2n) is 3.48. The number of carbonyl (C=O) groups is 1. The molecule has 0 radical (unpaired) electrons. The number of hydrogen-bond acceptors (Lipinski definition) is 3. The summed E-state index contributed by atoms with van der Waals surface area (Å²) in [6.07, 6.45) is 0.375. The average Bonchev–Trinajstić information content (AvgIpc) is 2.25. The van der Waals surface area contributed by atoms with Gasteiger partial charge in [-0.15, -0.1) is 0 Å². The van der Waals surface area contributed by atoms with Crippen molar-refractivity contribution in [2.75, 3.05) is 5.32 Å². The Hall–Kier alpha value is -1.14. The Morgan fingerprint density at radius 1 is 1.53 bits per heavy atom. The summed E-state index contributed by atoms with van der Waals surface area (Å²) < 4.78 is 0.574. The van der Waals surface area contributed by atoms with Gasteiger partial charge >= 0.3 is 0 Å². The number of anilines is 1. The fourth-order valence-corrected chi connectivity index (χ4v) is 1.98.